The Morgan fingerprint density at radius 2 is 1.82 bits per heavy atom. The third-order valence-corrected chi connectivity index (χ3v) is 4.89. The molecule has 174 valence electrons. The molecule has 1 aromatic heterocycles. The second-order valence-electron chi connectivity index (χ2n) is 7.44. The van der Waals surface area contributed by atoms with Crippen LogP contribution in [-0.4, -0.2) is 41.3 Å². The predicted octanol–water partition coefficient (Wildman–Crippen LogP) is -1.16. The largest absolute Gasteiger partial charge is 1.00 e. The van der Waals surface area contributed by atoms with Crippen LogP contribution in [0.1, 0.15) is 46.7 Å². The van der Waals surface area contributed by atoms with Gasteiger partial charge < -0.3 is 34.0 Å². The topological polar surface area (TPSA) is 146 Å². The summed E-state index contributed by atoms with van der Waals surface area (Å²) in [6.07, 6.45) is 0.158. The molecule has 0 fully saturated rings. The van der Waals surface area contributed by atoms with Gasteiger partial charge in [0.15, 0.2) is 17.0 Å². The molecule has 3 rings (SSSR count). The van der Waals surface area contributed by atoms with Gasteiger partial charge in [-0.15, -0.1) is 0 Å². The SMILES string of the molecule is CCCc1c(OCC(O)COc2ccc3c(=O)cc(C(=O)[O-])oc3c2)ccc(C(C)=O)c1O.[Na+]. The van der Waals surface area contributed by atoms with Crippen molar-refractivity contribution in [3.8, 4) is 17.2 Å². The van der Waals surface area contributed by atoms with Gasteiger partial charge in [-0.05, 0) is 37.6 Å². The number of Topliss-reactive ketones (excluding diaryl/α,β-unsaturated/α-hetero) is 1. The van der Waals surface area contributed by atoms with Gasteiger partial charge in [0.2, 0.25) is 0 Å². The molecule has 0 bridgehead atoms. The minimum Gasteiger partial charge on any atom is -0.542 e. The Hall–Kier alpha value is -2.85. The van der Waals surface area contributed by atoms with Gasteiger partial charge in [0.1, 0.15) is 48.1 Å². The minimum absolute atomic E-state index is 0. The second kappa shape index (κ2) is 12.0. The van der Waals surface area contributed by atoms with Gasteiger partial charge in [0, 0.05) is 17.7 Å². The summed E-state index contributed by atoms with van der Waals surface area (Å²) < 4.78 is 16.3. The van der Waals surface area contributed by atoms with Crippen molar-refractivity contribution in [1.29, 1.82) is 0 Å². The van der Waals surface area contributed by atoms with Crippen LogP contribution in [0.15, 0.2) is 45.6 Å². The first-order valence-electron chi connectivity index (χ1n) is 10.3. The molecule has 0 aliphatic rings. The van der Waals surface area contributed by atoms with Crippen molar-refractivity contribution in [3.05, 3.63) is 63.5 Å². The van der Waals surface area contributed by atoms with Crippen molar-refractivity contribution in [2.24, 2.45) is 0 Å². The summed E-state index contributed by atoms with van der Waals surface area (Å²) >= 11 is 0. The van der Waals surface area contributed by atoms with Crippen molar-refractivity contribution in [2.75, 3.05) is 13.2 Å². The number of fused-ring (bicyclic) bond motifs is 1. The standard InChI is InChI=1S/C24H24O9.Na/c1-3-4-18-20(8-7-16(13(2)25)23(18)28)32-12-14(26)11-31-15-5-6-17-19(27)10-22(24(29)30)33-21(17)9-15;/h5-10,14,26,28H,3-4,11-12H2,1-2H3,(H,29,30);/q;+1/p-1. The molecular weight excluding hydrogens is 455 g/mol. The number of benzene rings is 2. The number of aromatic hydroxyl groups is 1. The Morgan fingerprint density at radius 3 is 2.47 bits per heavy atom. The fourth-order valence-corrected chi connectivity index (χ4v) is 3.28. The number of carbonyl (C=O) groups is 2. The molecule has 1 heterocycles. The van der Waals surface area contributed by atoms with Crippen LogP contribution in [0.25, 0.3) is 11.0 Å². The number of aliphatic hydroxyl groups excluding tert-OH is 1. The normalized spacial score (nSPS) is 11.5. The number of carboxylic acid groups (broad SMARTS) is 1. The zero-order chi connectivity index (χ0) is 24.1. The van der Waals surface area contributed by atoms with E-state index < -0.39 is 23.3 Å². The molecule has 34 heavy (non-hydrogen) atoms. The Morgan fingerprint density at radius 1 is 1.12 bits per heavy atom. The van der Waals surface area contributed by atoms with E-state index in [4.69, 9.17) is 13.9 Å². The molecule has 1 atom stereocenters. The van der Waals surface area contributed by atoms with E-state index in [0.717, 1.165) is 6.07 Å². The molecule has 0 saturated heterocycles. The molecule has 9 nitrogen and oxygen atoms in total. The Kier molecular flexibility index (Phi) is 9.69. The summed E-state index contributed by atoms with van der Waals surface area (Å²) in [6.45, 7) is 2.97. The molecule has 0 aliphatic heterocycles. The quantitative estimate of drug-likeness (QED) is 0.272. The third kappa shape index (κ3) is 6.38. The van der Waals surface area contributed by atoms with E-state index in [9.17, 15) is 29.7 Å². The van der Waals surface area contributed by atoms with Crippen molar-refractivity contribution in [3.63, 3.8) is 0 Å². The number of ether oxygens (including phenoxy) is 2. The van der Waals surface area contributed by atoms with Crippen LogP contribution >= 0.6 is 0 Å². The van der Waals surface area contributed by atoms with E-state index in [1.54, 1.807) is 6.07 Å². The van der Waals surface area contributed by atoms with E-state index >= 15 is 0 Å². The number of phenols is 1. The molecule has 0 aliphatic carbocycles. The van der Waals surface area contributed by atoms with Gasteiger partial charge >= 0.3 is 29.6 Å². The average Bonchev–Trinajstić information content (AvgIpc) is 2.77. The van der Waals surface area contributed by atoms with Crippen LogP contribution in [0, 0.1) is 0 Å². The van der Waals surface area contributed by atoms with Crippen LogP contribution in [0.5, 0.6) is 17.2 Å². The van der Waals surface area contributed by atoms with Gasteiger partial charge in [-0.1, -0.05) is 13.3 Å². The zero-order valence-electron chi connectivity index (χ0n) is 19.1. The fourth-order valence-electron chi connectivity index (χ4n) is 3.28. The zero-order valence-corrected chi connectivity index (χ0v) is 21.1. The van der Waals surface area contributed by atoms with Gasteiger partial charge in [-0.25, -0.2) is 0 Å². The van der Waals surface area contributed by atoms with Crippen LogP contribution in [0.4, 0.5) is 0 Å². The Labute approximate surface area is 217 Å². The number of hydrogen-bond acceptors (Lipinski definition) is 9. The predicted molar refractivity (Wildman–Crippen MR) is 116 cm³/mol. The molecule has 10 heteroatoms. The maximum Gasteiger partial charge on any atom is 1.00 e. The fraction of sp³-hybridized carbons (Fsp3) is 0.292. The van der Waals surface area contributed by atoms with Gasteiger partial charge in [-0.3, -0.25) is 9.59 Å². The van der Waals surface area contributed by atoms with Crippen molar-refractivity contribution in [2.45, 2.75) is 32.8 Å². The minimum atomic E-state index is -1.61. The summed E-state index contributed by atoms with van der Waals surface area (Å²) in [4.78, 5) is 34.6. The third-order valence-electron chi connectivity index (χ3n) is 4.89. The van der Waals surface area contributed by atoms with Gasteiger partial charge in [-0.2, -0.15) is 0 Å². The monoisotopic (exact) mass is 478 g/mol. The number of carboxylic acids is 1. The number of rotatable bonds is 10. The van der Waals surface area contributed by atoms with Crippen LogP contribution in [0.3, 0.4) is 0 Å². The number of aliphatic hydroxyl groups is 1. The molecule has 1 unspecified atom stereocenters. The summed E-state index contributed by atoms with van der Waals surface area (Å²) in [6, 6.07) is 8.15. The number of hydrogen-bond donors (Lipinski definition) is 2. The second-order valence-corrected chi connectivity index (χ2v) is 7.44. The maximum atomic E-state index is 12.0. The van der Waals surface area contributed by atoms with E-state index in [1.807, 2.05) is 6.92 Å². The summed E-state index contributed by atoms with van der Waals surface area (Å²) in [7, 11) is 0. The molecule has 3 aromatic rings. The molecule has 0 spiro atoms. The first kappa shape index (κ1) is 27.4. The average molecular weight is 478 g/mol. The molecule has 2 N–H and O–H groups in total. The molecule has 2 aromatic carbocycles. The number of aromatic carboxylic acids is 1. The number of phenolic OH excluding ortho intramolecular Hbond substituents is 1. The van der Waals surface area contributed by atoms with E-state index in [0.29, 0.717) is 24.2 Å². The van der Waals surface area contributed by atoms with Crippen molar-refractivity contribution < 1.29 is 68.4 Å². The van der Waals surface area contributed by atoms with Crippen molar-refractivity contribution in [1.82, 2.24) is 0 Å². The van der Waals surface area contributed by atoms with Crippen LogP contribution < -0.4 is 49.6 Å². The van der Waals surface area contributed by atoms with E-state index in [2.05, 4.69) is 0 Å². The number of carbonyl (C=O) groups excluding carboxylic acids is 2. The maximum absolute atomic E-state index is 12.0. The first-order valence-corrected chi connectivity index (χ1v) is 10.3. The molecule has 0 amide bonds. The van der Waals surface area contributed by atoms with Crippen LogP contribution in [-0.2, 0) is 6.42 Å². The smallest absolute Gasteiger partial charge is 0.542 e. The van der Waals surface area contributed by atoms with Gasteiger partial charge in [0.05, 0.1) is 10.9 Å². The van der Waals surface area contributed by atoms with E-state index in [-0.39, 0.29) is 76.6 Å². The summed E-state index contributed by atoms with van der Waals surface area (Å²) in [5, 5.41) is 31.8. The first-order chi connectivity index (χ1) is 15.7. The van der Waals surface area contributed by atoms with Gasteiger partial charge in [0.25, 0.3) is 0 Å². The van der Waals surface area contributed by atoms with Crippen LogP contribution in [0.2, 0.25) is 0 Å². The Bertz CT molecular complexity index is 1250. The number of ketones is 1. The summed E-state index contributed by atoms with van der Waals surface area (Å²) in [5.41, 5.74) is 0.179. The molecular formula is C24H23NaO9. The Balaban J connectivity index is 0.00000408. The van der Waals surface area contributed by atoms with E-state index in [1.165, 1.54) is 31.2 Å². The molecule has 0 radical (unpaired) electrons. The van der Waals surface area contributed by atoms with Crippen molar-refractivity contribution >= 4 is 22.7 Å². The summed E-state index contributed by atoms with van der Waals surface area (Å²) in [5.74, 6) is -1.99. The molecule has 0 saturated carbocycles.